The number of benzene rings is 1. The first kappa shape index (κ1) is 23.8. The van der Waals surface area contributed by atoms with Gasteiger partial charge in [0, 0.05) is 20.0 Å². The first-order valence-corrected chi connectivity index (χ1v) is 11.5. The lowest BCUT2D eigenvalue weighted by atomic mass is 9.74. The zero-order valence-corrected chi connectivity index (χ0v) is 19.1. The van der Waals surface area contributed by atoms with Crippen molar-refractivity contribution in [3.05, 3.63) is 35.9 Å². The summed E-state index contributed by atoms with van der Waals surface area (Å²) in [4.78, 5) is 51.2. The summed E-state index contributed by atoms with van der Waals surface area (Å²) in [6.45, 7) is 6.22. The fraction of sp³-hybridized carbons (Fsp3) is 0.583. The number of rotatable bonds is 8. The molecule has 1 aromatic rings. The van der Waals surface area contributed by atoms with Gasteiger partial charge in [-0.3, -0.25) is 19.7 Å². The van der Waals surface area contributed by atoms with Gasteiger partial charge < -0.3 is 15.5 Å². The van der Waals surface area contributed by atoms with E-state index in [-0.39, 0.29) is 29.6 Å². The number of aryl methyl sites for hydroxylation is 1. The smallest absolute Gasteiger partial charge is 0.322 e. The molecule has 0 saturated carbocycles. The number of carbonyl (C=O) groups is 4. The third-order valence-corrected chi connectivity index (χ3v) is 6.64. The van der Waals surface area contributed by atoms with Gasteiger partial charge in [-0.25, -0.2) is 4.79 Å². The normalized spacial score (nSPS) is 22.4. The van der Waals surface area contributed by atoms with Gasteiger partial charge in [0.2, 0.25) is 11.8 Å². The van der Waals surface area contributed by atoms with Crippen molar-refractivity contribution in [2.75, 3.05) is 13.1 Å². The minimum absolute atomic E-state index is 0.0200. The van der Waals surface area contributed by atoms with Crippen LogP contribution in [0.1, 0.15) is 52.0 Å². The zero-order chi connectivity index (χ0) is 23.3. The summed E-state index contributed by atoms with van der Waals surface area (Å²) in [5.74, 6) is -0.652. The highest BCUT2D eigenvalue weighted by molar-refractivity contribution is 6.07. The lowest BCUT2D eigenvalue weighted by Crippen LogP contribution is -2.58. The molecule has 2 atom stereocenters. The number of imide groups is 1. The predicted octanol–water partition coefficient (Wildman–Crippen LogP) is 1.99. The zero-order valence-electron chi connectivity index (χ0n) is 19.1. The molecule has 0 spiro atoms. The van der Waals surface area contributed by atoms with E-state index < -0.39 is 17.6 Å². The van der Waals surface area contributed by atoms with Crippen LogP contribution in [0.15, 0.2) is 30.3 Å². The Bertz CT molecular complexity index is 849. The van der Waals surface area contributed by atoms with E-state index in [9.17, 15) is 19.2 Å². The molecule has 32 heavy (non-hydrogen) atoms. The molecule has 8 heteroatoms. The van der Waals surface area contributed by atoms with Crippen LogP contribution < -0.4 is 16.0 Å². The molecule has 5 amide bonds. The van der Waals surface area contributed by atoms with Crippen molar-refractivity contribution in [1.82, 2.24) is 20.9 Å². The van der Waals surface area contributed by atoms with Gasteiger partial charge in [0.15, 0.2) is 0 Å². The van der Waals surface area contributed by atoms with E-state index in [2.05, 4.69) is 28.1 Å². The van der Waals surface area contributed by atoms with Crippen molar-refractivity contribution in [3.63, 3.8) is 0 Å². The second-order valence-electron chi connectivity index (χ2n) is 9.24. The minimum atomic E-state index is -0.934. The predicted molar refractivity (Wildman–Crippen MR) is 121 cm³/mol. The summed E-state index contributed by atoms with van der Waals surface area (Å²) in [5.41, 5.74) is 0.265. The number of hydrogen-bond acceptors (Lipinski definition) is 4. The number of hydrogen-bond donors (Lipinski definition) is 3. The molecule has 3 N–H and O–H groups in total. The van der Waals surface area contributed by atoms with Gasteiger partial charge in [-0.15, -0.1) is 0 Å². The van der Waals surface area contributed by atoms with E-state index in [0.29, 0.717) is 32.4 Å². The third kappa shape index (κ3) is 5.29. The van der Waals surface area contributed by atoms with Gasteiger partial charge in [0.25, 0.3) is 5.91 Å². The Morgan fingerprint density at radius 1 is 1.16 bits per heavy atom. The molecule has 0 unspecified atom stereocenters. The van der Waals surface area contributed by atoms with Crippen LogP contribution >= 0.6 is 0 Å². The van der Waals surface area contributed by atoms with Crippen LogP contribution in [0.2, 0.25) is 0 Å². The van der Waals surface area contributed by atoms with Crippen molar-refractivity contribution in [1.29, 1.82) is 0 Å². The molecule has 1 aromatic carbocycles. The standard InChI is InChI=1S/C24H34N4O4/c1-16(2)20(25-17(3)29)21(30)28-14-11-19(12-15-28)24(22(31)26-23(32)27-24)13-7-10-18-8-5-4-6-9-18/h4-6,8-9,16,19-20H,7,10-15H2,1-3H3,(H,25,29)(H2,26,27,31,32)/t20-,24+/m1/s1. The minimum Gasteiger partial charge on any atom is -0.344 e. The molecule has 0 aliphatic carbocycles. The topological polar surface area (TPSA) is 108 Å². The number of likely N-dealkylation sites (tertiary alicyclic amines) is 1. The van der Waals surface area contributed by atoms with Crippen LogP contribution in [0, 0.1) is 11.8 Å². The van der Waals surface area contributed by atoms with E-state index in [1.54, 1.807) is 4.90 Å². The molecule has 2 saturated heterocycles. The Morgan fingerprint density at radius 3 is 2.34 bits per heavy atom. The Kier molecular flexibility index (Phi) is 7.53. The third-order valence-electron chi connectivity index (χ3n) is 6.64. The Labute approximate surface area is 189 Å². The second kappa shape index (κ2) is 10.1. The molecular weight excluding hydrogens is 408 g/mol. The Balaban J connectivity index is 1.65. The summed E-state index contributed by atoms with van der Waals surface area (Å²) in [7, 11) is 0. The number of carbonyl (C=O) groups excluding carboxylic acids is 4. The van der Waals surface area contributed by atoms with E-state index in [0.717, 1.165) is 12.8 Å². The lowest BCUT2D eigenvalue weighted by Gasteiger charge is -2.41. The number of nitrogens with zero attached hydrogens (tertiary/aromatic N) is 1. The maximum atomic E-state index is 13.0. The van der Waals surface area contributed by atoms with E-state index in [1.165, 1.54) is 12.5 Å². The maximum Gasteiger partial charge on any atom is 0.322 e. The van der Waals surface area contributed by atoms with Crippen molar-refractivity contribution in [2.24, 2.45) is 11.8 Å². The van der Waals surface area contributed by atoms with Crippen LogP contribution in [-0.4, -0.2) is 53.3 Å². The average molecular weight is 443 g/mol. The summed E-state index contributed by atoms with van der Waals surface area (Å²) in [6.07, 6.45) is 3.40. The number of amides is 5. The molecule has 0 bridgehead atoms. The molecule has 8 nitrogen and oxygen atoms in total. The molecule has 0 aromatic heterocycles. The van der Waals surface area contributed by atoms with Gasteiger partial charge in [-0.1, -0.05) is 44.2 Å². The van der Waals surface area contributed by atoms with Crippen molar-refractivity contribution < 1.29 is 19.2 Å². The van der Waals surface area contributed by atoms with Crippen LogP contribution in [0.5, 0.6) is 0 Å². The highest BCUT2D eigenvalue weighted by atomic mass is 16.2. The molecule has 2 heterocycles. The molecule has 2 fully saturated rings. The van der Waals surface area contributed by atoms with Gasteiger partial charge in [0.1, 0.15) is 11.6 Å². The largest absolute Gasteiger partial charge is 0.344 e. The summed E-state index contributed by atoms with van der Waals surface area (Å²) in [6, 6.07) is 9.08. The number of nitrogens with one attached hydrogen (secondary N) is 3. The first-order chi connectivity index (χ1) is 15.2. The van der Waals surface area contributed by atoms with Gasteiger partial charge in [-0.2, -0.15) is 0 Å². The Morgan fingerprint density at radius 2 is 1.81 bits per heavy atom. The quantitative estimate of drug-likeness (QED) is 0.535. The summed E-state index contributed by atoms with van der Waals surface area (Å²) < 4.78 is 0. The highest BCUT2D eigenvalue weighted by Gasteiger charge is 2.52. The van der Waals surface area contributed by atoms with Gasteiger partial charge in [-0.05, 0) is 49.5 Å². The number of urea groups is 1. The van der Waals surface area contributed by atoms with Gasteiger partial charge >= 0.3 is 6.03 Å². The summed E-state index contributed by atoms with van der Waals surface area (Å²) >= 11 is 0. The van der Waals surface area contributed by atoms with E-state index >= 15 is 0 Å². The van der Waals surface area contributed by atoms with E-state index in [4.69, 9.17) is 0 Å². The SMILES string of the molecule is CC(=O)N[C@@H](C(=O)N1CCC([C@]2(CCCc3ccccc3)NC(=O)NC2=O)CC1)C(C)C. The van der Waals surface area contributed by atoms with Crippen LogP contribution in [0.25, 0.3) is 0 Å². The molecular formula is C24H34N4O4. The van der Waals surface area contributed by atoms with Crippen LogP contribution in [-0.2, 0) is 20.8 Å². The monoisotopic (exact) mass is 442 g/mol. The fourth-order valence-corrected chi connectivity index (χ4v) is 4.91. The lowest BCUT2D eigenvalue weighted by molar-refractivity contribution is -0.139. The Hall–Kier alpha value is -2.90. The molecule has 174 valence electrons. The molecule has 0 radical (unpaired) electrons. The molecule has 2 aliphatic rings. The maximum absolute atomic E-state index is 13.0. The highest BCUT2D eigenvalue weighted by Crippen LogP contribution is 2.35. The average Bonchev–Trinajstić information content (AvgIpc) is 3.06. The molecule has 3 rings (SSSR count). The van der Waals surface area contributed by atoms with Crippen LogP contribution in [0.4, 0.5) is 4.79 Å². The molecule has 2 aliphatic heterocycles. The van der Waals surface area contributed by atoms with Crippen molar-refractivity contribution in [2.45, 2.75) is 64.5 Å². The second-order valence-corrected chi connectivity index (χ2v) is 9.24. The van der Waals surface area contributed by atoms with Gasteiger partial charge in [0.05, 0.1) is 0 Å². The van der Waals surface area contributed by atoms with Crippen molar-refractivity contribution in [3.8, 4) is 0 Å². The van der Waals surface area contributed by atoms with Crippen LogP contribution in [0.3, 0.4) is 0 Å². The summed E-state index contributed by atoms with van der Waals surface area (Å²) in [5, 5.41) is 8.10. The van der Waals surface area contributed by atoms with E-state index in [1.807, 2.05) is 32.0 Å². The first-order valence-electron chi connectivity index (χ1n) is 11.5. The number of piperidine rings is 1. The van der Waals surface area contributed by atoms with Crippen molar-refractivity contribution >= 4 is 23.8 Å². The fourth-order valence-electron chi connectivity index (χ4n) is 4.91.